The van der Waals surface area contributed by atoms with Crippen LogP contribution in [0.4, 0.5) is 0 Å². The fraction of sp³-hybridized carbons (Fsp3) is 0.500. The van der Waals surface area contributed by atoms with Gasteiger partial charge < -0.3 is 15.1 Å². The van der Waals surface area contributed by atoms with Crippen LogP contribution in [0.15, 0.2) is 47.1 Å². The molecule has 1 aromatic carbocycles. The van der Waals surface area contributed by atoms with Gasteiger partial charge in [0.05, 0.1) is 12.3 Å². The van der Waals surface area contributed by atoms with Crippen molar-refractivity contribution in [2.45, 2.75) is 58.0 Å². The van der Waals surface area contributed by atoms with E-state index in [-0.39, 0.29) is 23.3 Å². The van der Waals surface area contributed by atoms with Gasteiger partial charge in [0.2, 0.25) is 5.91 Å². The molecule has 2 atom stereocenters. The average Bonchev–Trinajstić information content (AvgIpc) is 3.42. The third kappa shape index (κ3) is 5.51. The van der Waals surface area contributed by atoms with E-state index in [1.54, 1.807) is 25.3 Å². The maximum absolute atomic E-state index is 12.6. The Labute approximate surface area is 179 Å². The molecule has 0 radical (unpaired) electrons. The Morgan fingerprint density at radius 1 is 1.10 bits per heavy atom. The first-order chi connectivity index (χ1) is 14.3. The zero-order valence-electron chi connectivity index (χ0n) is 18.4. The van der Waals surface area contributed by atoms with Crippen LogP contribution in [0.1, 0.15) is 68.3 Å². The number of carbonyl (C=O) groups excluding carboxylic acids is 2. The number of nitrogens with one attached hydrogen (secondary N) is 2. The van der Waals surface area contributed by atoms with Crippen molar-refractivity contribution >= 4 is 11.8 Å². The molecule has 1 aliphatic heterocycles. The van der Waals surface area contributed by atoms with Crippen molar-refractivity contribution in [1.82, 2.24) is 15.5 Å². The molecule has 1 aliphatic rings. The molecule has 162 valence electrons. The molecule has 2 amide bonds. The standard InChI is InChI=1S/C24H33N3O3/c1-17(26-23(29)18-9-11-19(12-10-18)24(2,3)4)22(28)25-16-20(21-8-7-15-30-21)27-13-5-6-14-27/h7-12,15,17,20H,5-6,13-14,16H2,1-4H3,(H,25,28)(H,26,29). The molecule has 3 rings (SSSR count). The number of amides is 2. The first-order valence-electron chi connectivity index (χ1n) is 10.7. The molecule has 6 heteroatoms. The second-order valence-corrected chi connectivity index (χ2v) is 9.04. The normalized spacial score (nSPS) is 16.8. The predicted octanol–water partition coefficient (Wildman–Crippen LogP) is 3.65. The molecule has 0 spiro atoms. The molecule has 1 fully saturated rings. The quantitative estimate of drug-likeness (QED) is 0.729. The van der Waals surface area contributed by atoms with Crippen LogP contribution in [-0.2, 0) is 10.2 Å². The van der Waals surface area contributed by atoms with Gasteiger partial charge in [-0.3, -0.25) is 14.5 Å². The van der Waals surface area contributed by atoms with Crippen molar-refractivity contribution in [2.24, 2.45) is 0 Å². The average molecular weight is 412 g/mol. The molecule has 0 bridgehead atoms. The van der Waals surface area contributed by atoms with Gasteiger partial charge in [0.25, 0.3) is 5.91 Å². The van der Waals surface area contributed by atoms with Crippen molar-refractivity contribution in [1.29, 1.82) is 0 Å². The molecule has 1 aromatic heterocycles. The SMILES string of the molecule is CC(NC(=O)c1ccc(C(C)(C)C)cc1)C(=O)NCC(c1ccco1)N1CCCC1. The fourth-order valence-electron chi connectivity index (χ4n) is 3.76. The van der Waals surface area contributed by atoms with Gasteiger partial charge in [-0.05, 0) is 68.1 Å². The first-order valence-corrected chi connectivity index (χ1v) is 10.7. The van der Waals surface area contributed by atoms with E-state index in [1.165, 1.54) is 0 Å². The van der Waals surface area contributed by atoms with Crippen molar-refractivity contribution in [3.8, 4) is 0 Å². The number of likely N-dealkylation sites (tertiary alicyclic amines) is 1. The molecule has 0 aliphatic carbocycles. The largest absolute Gasteiger partial charge is 0.468 e. The molecule has 2 N–H and O–H groups in total. The number of carbonyl (C=O) groups is 2. The number of hydrogen-bond donors (Lipinski definition) is 2. The van der Waals surface area contributed by atoms with Crippen LogP contribution < -0.4 is 10.6 Å². The summed E-state index contributed by atoms with van der Waals surface area (Å²) in [6.07, 6.45) is 3.98. The lowest BCUT2D eigenvalue weighted by Gasteiger charge is -2.26. The Balaban J connectivity index is 1.55. The third-order valence-electron chi connectivity index (χ3n) is 5.68. The second kappa shape index (κ2) is 9.47. The number of hydrogen-bond acceptors (Lipinski definition) is 4. The molecule has 2 heterocycles. The van der Waals surface area contributed by atoms with Gasteiger partial charge in [-0.15, -0.1) is 0 Å². The number of rotatable bonds is 7. The summed E-state index contributed by atoms with van der Waals surface area (Å²) >= 11 is 0. The van der Waals surface area contributed by atoms with E-state index in [0.717, 1.165) is 37.3 Å². The lowest BCUT2D eigenvalue weighted by molar-refractivity contribution is -0.122. The lowest BCUT2D eigenvalue weighted by Crippen LogP contribution is -2.47. The van der Waals surface area contributed by atoms with Gasteiger partial charge in [0, 0.05) is 12.1 Å². The van der Waals surface area contributed by atoms with E-state index in [0.29, 0.717) is 12.1 Å². The first kappa shape index (κ1) is 22.1. The van der Waals surface area contributed by atoms with Crippen LogP contribution in [0, 0.1) is 0 Å². The van der Waals surface area contributed by atoms with Gasteiger partial charge in [-0.1, -0.05) is 32.9 Å². The van der Waals surface area contributed by atoms with Gasteiger partial charge in [-0.25, -0.2) is 0 Å². The van der Waals surface area contributed by atoms with E-state index in [9.17, 15) is 9.59 Å². The maximum Gasteiger partial charge on any atom is 0.251 e. The van der Waals surface area contributed by atoms with E-state index in [2.05, 4.69) is 36.3 Å². The van der Waals surface area contributed by atoms with Gasteiger partial charge in [-0.2, -0.15) is 0 Å². The Morgan fingerprint density at radius 2 is 1.77 bits per heavy atom. The summed E-state index contributed by atoms with van der Waals surface area (Å²) in [4.78, 5) is 27.5. The van der Waals surface area contributed by atoms with E-state index in [1.807, 2.05) is 24.3 Å². The summed E-state index contributed by atoms with van der Waals surface area (Å²) in [5.41, 5.74) is 1.74. The van der Waals surface area contributed by atoms with Crippen LogP contribution in [0.5, 0.6) is 0 Å². The Kier molecular flexibility index (Phi) is 6.98. The van der Waals surface area contributed by atoms with Crippen molar-refractivity contribution in [2.75, 3.05) is 19.6 Å². The second-order valence-electron chi connectivity index (χ2n) is 9.04. The van der Waals surface area contributed by atoms with Gasteiger partial charge in [0.1, 0.15) is 11.8 Å². The zero-order valence-corrected chi connectivity index (χ0v) is 18.4. The van der Waals surface area contributed by atoms with Crippen molar-refractivity contribution in [3.05, 3.63) is 59.5 Å². The van der Waals surface area contributed by atoms with Crippen LogP contribution in [-0.4, -0.2) is 42.4 Å². The molecule has 1 saturated heterocycles. The molecule has 6 nitrogen and oxygen atoms in total. The lowest BCUT2D eigenvalue weighted by atomic mass is 9.86. The molecular weight excluding hydrogens is 378 g/mol. The Hall–Kier alpha value is -2.60. The van der Waals surface area contributed by atoms with Crippen LogP contribution >= 0.6 is 0 Å². The van der Waals surface area contributed by atoms with Crippen molar-refractivity contribution in [3.63, 3.8) is 0 Å². The Morgan fingerprint density at radius 3 is 2.33 bits per heavy atom. The molecule has 2 aromatic rings. The topological polar surface area (TPSA) is 74.6 Å². The highest BCUT2D eigenvalue weighted by Crippen LogP contribution is 2.25. The van der Waals surface area contributed by atoms with Crippen molar-refractivity contribution < 1.29 is 14.0 Å². The summed E-state index contributed by atoms with van der Waals surface area (Å²) < 4.78 is 5.59. The molecule has 30 heavy (non-hydrogen) atoms. The summed E-state index contributed by atoms with van der Waals surface area (Å²) in [6.45, 7) is 10.5. The number of benzene rings is 1. The number of furan rings is 1. The third-order valence-corrected chi connectivity index (χ3v) is 5.68. The predicted molar refractivity (Wildman–Crippen MR) is 117 cm³/mol. The fourth-order valence-corrected chi connectivity index (χ4v) is 3.76. The van der Waals surface area contributed by atoms with Gasteiger partial charge >= 0.3 is 0 Å². The minimum Gasteiger partial charge on any atom is -0.468 e. The minimum absolute atomic E-state index is 0.0132. The smallest absolute Gasteiger partial charge is 0.251 e. The highest BCUT2D eigenvalue weighted by molar-refractivity contribution is 5.97. The maximum atomic E-state index is 12.6. The van der Waals surface area contributed by atoms with Crippen LogP contribution in [0.3, 0.4) is 0 Å². The monoisotopic (exact) mass is 411 g/mol. The van der Waals surface area contributed by atoms with Crippen LogP contribution in [0.25, 0.3) is 0 Å². The minimum atomic E-state index is -0.629. The highest BCUT2D eigenvalue weighted by Gasteiger charge is 2.27. The summed E-state index contributed by atoms with van der Waals surface area (Å²) in [7, 11) is 0. The summed E-state index contributed by atoms with van der Waals surface area (Å²) in [5, 5.41) is 5.77. The Bertz CT molecular complexity index is 832. The van der Waals surface area contributed by atoms with E-state index < -0.39 is 6.04 Å². The molecule has 2 unspecified atom stereocenters. The van der Waals surface area contributed by atoms with E-state index in [4.69, 9.17) is 4.42 Å². The molecular formula is C24H33N3O3. The summed E-state index contributed by atoms with van der Waals surface area (Å²) in [5.74, 6) is 0.401. The highest BCUT2D eigenvalue weighted by atomic mass is 16.3. The van der Waals surface area contributed by atoms with Gasteiger partial charge in [0.15, 0.2) is 0 Å². The zero-order chi connectivity index (χ0) is 21.7. The van der Waals surface area contributed by atoms with Crippen LogP contribution in [0.2, 0.25) is 0 Å². The summed E-state index contributed by atoms with van der Waals surface area (Å²) in [6, 6.07) is 10.7. The number of nitrogens with zero attached hydrogens (tertiary/aromatic N) is 1. The van der Waals surface area contributed by atoms with E-state index >= 15 is 0 Å². The molecule has 0 saturated carbocycles.